The topological polar surface area (TPSA) is 67.6 Å². The highest BCUT2D eigenvalue weighted by Gasteiger charge is 2.11. The van der Waals surface area contributed by atoms with Gasteiger partial charge in [-0.15, -0.1) is 0 Å². The number of carbonyl (C=O) groups is 1. The largest absolute Gasteiger partial charge is 0.379 e. The van der Waals surface area contributed by atoms with Crippen LogP contribution in [-0.4, -0.2) is 43.2 Å². The summed E-state index contributed by atoms with van der Waals surface area (Å²) < 4.78 is 5.34. The third kappa shape index (κ3) is 5.46. The first-order valence-electron chi connectivity index (χ1n) is 7.62. The third-order valence-corrected chi connectivity index (χ3v) is 3.72. The van der Waals surface area contributed by atoms with Crippen molar-refractivity contribution >= 4 is 11.6 Å². The molecule has 1 aliphatic rings. The van der Waals surface area contributed by atoms with Gasteiger partial charge >= 0.3 is 0 Å². The molecule has 3 N–H and O–H groups in total. The van der Waals surface area contributed by atoms with E-state index in [0.29, 0.717) is 6.42 Å². The van der Waals surface area contributed by atoms with E-state index in [1.165, 1.54) is 5.56 Å². The molecular formula is C16H25N3O2. The number of hydrogen-bond donors (Lipinski definition) is 2. The lowest BCUT2D eigenvalue weighted by Gasteiger charge is -2.26. The van der Waals surface area contributed by atoms with Crippen LogP contribution in [0.5, 0.6) is 0 Å². The predicted molar refractivity (Wildman–Crippen MR) is 84.1 cm³/mol. The van der Waals surface area contributed by atoms with Crippen LogP contribution < -0.4 is 11.1 Å². The Morgan fingerprint density at radius 1 is 1.33 bits per heavy atom. The van der Waals surface area contributed by atoms with Gasteiger partial charge in [-0.05, 0) is 24.1 Å². The Morgan fingerprint density at radius 2 is 2.00 bits per heavy atom. The average molecular weight is 291 g/mol. The fourth-order valence-corrected chi connectivity index (χ4v) is 2.31. The molecule has 2 rings (SSSR count). The lowest BCUT2D eigenvalue weighted by Crippen LogP contribution is -2.35. The lowest BCUT2D eigenvalue weighted by atomic mass is 10.1. The maximum absolute atomic E-state index is 11.8. The smallest absolute Gasteiger partial charge is 0.225 e. The van der Waals surface area contributed by atoms with Crippen LogP contribution in [0.25, 0.3) is 0 Å². The summed E-state index contributed by atoms with van der Waals surface area (Å²) in [5.41, 5.74) is 7.86. The fraction of sp³-hybridized carbons (Fsp3) is 0.562. The molecule has 1 heterocycles. The summed E-state index contributed by atoms with van der Waals surface area (Å²) in [5.74, 6) is -0.0229. The summed E-state index contributed by atoms with van der Waals surface area (Å²) in [7, 11) is 0. The van der Waals surface area contributed by atoms with Crippen molar-refractivity contribution in [2.45, 2.75) is 32.4 Å². The van der Waals surface area contributed by atoms with Gasteiger partial charge < -0.3 is 15.8 Å². The summed E-state index contributed by atoms with van der Waals surface area (Å²) in [6.07, 6.45) is 1.18. The van der Waals surface area contributed by atoms with Gasteiger partial charge in [0.15, 0.2) is 0 Å². The molecule has 1 unspecified atom stereocenters. The molecule has 0 aromatic heterocycles. The molecule has 0 saturated carbocycles. The van der Waals surface area contributed by atoms with Gasteiger partial charge in [0, 0.05) is 37.8 Å². The molecule has 1 atom stereocenters. The SMILES string of the molecule is CCC(N)CC(=O)Nc1ccc(CN2CCOCC2)cc1. The number of rotatable bonds is 6. The quantitative estimate of drug-likeness (QED) is 0.835. The van der Waals surface area contributed by atoms with Gasteiger partial charge in [-0.3, -0.25) is 9.69 Å². The zero-order chi connectivity index (χ0) is 15.1. The molecule has 0 aliphatic carbocycles. The molecule has 1 aromatic carbocycles. The van der Waals surface area contributed by atoms with E-state index in [-0.39, 0.29) is 11.9 Å². The van der Waals surface area contributed by atoms with Crippen molar-refractivity contribution in [2.75, 3.05) is 31.6 Å². The molecule has 5 nitrogen and oxygen atoms in total. The first-order valence-corrected chi connectivity index (χ1v) is 7.62. The molecular weight excluding hydrogens is 266 g/mol. The molecule has 1 aromatic rings. The van der Waals surface area contributed by atoms with Gasteiger partial charge in [-0.25, -0.2) is 0 Å². The number of carbonyl (C=O) groups excluding carboxylic acids is 1. The first kappa shape index (κ1) is 15.9. The van der Waals surface area contributed by atoms with Crippen LogP contribution in [0.4, 0.5) is 5.69 Å². The molecule has 5 heteroatoms. The highest BCUT2D eigenvalue weighted by Crippen LogP contribution is 2.13. The van der Waals surface area contributed by atoms with Gasteiger partial charge in [-0.2, -0.15) is 0 Å². The second-order valence-electron chi connectivity index (χ2n) is 5.51. The van der Waals surface area contributed by atoms with Gasteiger partial charge in [0.25, 0.3) is 0 Å². The molecule has 0 radical (unpaired) electrons. The molecule has 1 fully saturated rings. The number of ether oxygens (including phenoxy) is 1. The van der Waals surface area contributed by atoms with Crippen LogP contribution in [0.1, 0.15) is 25.3 Å². The van der Waals surface area contributed by atoms with Gasteiger partial charge in [0.2, 0.25) is 5.91 Å². The van der Waals surface area contributed by atoms with E-state index in [4.69, 9.17) is 10.5 Å². The Kier molecular flexibility index (Phi) is 6.17. The Morgan fingerprint density at radius 3 is 2.62 bits per heavy atom. The Hall–Kier alpha value is -1.43. The molecule has 116 valence electrons. The van der Waals surface area contributed by atoms with Crippen molar-refractivity contribution in [1.82, 2.24) is 4.90 Å². The van der Waals surface area contributed by atoms with Crippen molar-refractivity contribution in [1.29, 1.82) is 0 Å². The van der Waals surface area contributed by atoms with Crippen LogP contribution in [0, 0.1) is 0 Å². The predicted octanol–water partition coefficient (Wildman–Crippen LogP) is 1.58. The minimum absolute atomic E-state index is 0.0229. The number of hydrogen-bond acceptors (Lipinski definition) is 4. The number of anilines is 1. The zero-order valence-electron chi connectivity index (χ0n) is 12.7. The molecule has 0 bridgehead atoms. The monoisotopic (exact) mass is 291 g/mol. The minimum atomic E-state index is -0.0643. The van der Waals surface area contributed by atoms with Crippen molar-refractivity contribution in [3.63, 3.8) is 0 Å². The van der Waals surface area contributed by atoms with Crippen LogP contribution >= 0.6 is 0 Å². The third-order valence-electron chi connectivity index (χ3n) is 3.72. The number of morpholine rings is 1. The van der Waals surface area contributed by atoms with Gasteiger partial charge in [-0.1, -0.05) is 19.1 Å². The Bertz CT molecular complexity index is 441. The van der Waals surface area contributed by atoms with E-state index in [9.17, 15) is 4.79 Å². The van der Waals surface area contributed by atoms with Gasteiger partial charge in [0.1, 0.15) is 0 Å². The van der Waals surface area contributed by atoms with E-state index in [1.807, 2.05) is 19.1 Å². The van der Waals surface area contributed by atoms with Gasteiger partial charge in [0.05, 0.1) is 13.2 Å². The molecule has 1 amide bonds. The van der Waals surface area contributed by atoms with E-state index < -0.39 is 0 Å². The maximum Gasteiger partial charge on any atom is 0.225 e. The average Bonchev–Trinajstić information content (AvgIpc) is 2.50. The Labute approximate surface area is 126 Å². The van der Waals surface area contributed by atoms with E-state index in [0.717, 1.165) is 45.0 Å². The fourth-order valence-electron chi connectivity index (χ4n) is 2.31. The molecule has 1 aliphatic heterocycles. The highest BCUT2D eigenvalue weighted by atomic mass is 16.5. The van der Waals surface area contributed by atoms with Crippen LogP contribution in [0.15, 0.2) is 24.3 Å². The first-order chi connectivity index (χ1) is 10.2. The second-order valence-corrected chi connectivity index (χ2v) is 5.51. The van der Waals surface area contributed by atoms with Crippen LogP contribution in [0.3, 0.4) is 0 Å². The molecule has 0 spiro atoms. The van der Waals surface area contributed by atoms with Crippen molar-refractivity contribution in [2.24, 2.45) is 5.73 Å². The van der Waals surface area contributed by atoms with E-state index in [1.54, 1.807) is 0 Å². The number of nitrogens with zero attached hydrogens (tertiary/aromatic N) is 1. The molecule has 21 heavy (non-hydrogen) atoms. The number of nitrogens with two attached hydrogens (primary N) is 1. The minimum Gasteiger partial charge on any atom is -0.379 e. The number of nitrogens with one attached hydrogen (secondary N) is 1. The standard InChI is InChI=1S/C16H25N3O2/c1-2-14(17)11-16(20)18-15-5-3-13(4-6-15)12-19-7-9-21-10-8-19/h3-6,14H,2,7-12,17H2,1H3,(H,18,20). The van der Waals surface area contributed by atoms with Crippen LogP contribution in [0.2, 0.25) is 0 Å². The summed E-state index contributed by atoms with van der Waals surface area (Å²) in [5, 5.41) is 2.89. The summed E-state index contributed by atoms with van der Waals surface area (Å²) >= 11 is 0. The van der Waals surface area contributed by atoms with Crippen LogP contribution in [-0.2, 0) is 16.1 Å². The second kappa shape index (κ2) is 8.12. The number of amides is 1. The lowest BCUT2D eigenvalue weighted by molar-refractivity contribution is -0.116. The highest BCUT2D eigenvalue weighted by molar-refractivity contribution is 5.91. The molecule has 1 saturated heterocycles. The van der Waals surface area contributed by atoms with E-state index in [2.05, 4.69) is 22.3 Å². The Balaban J connectivity index is 1.82. The summed E-state index contributed by atoms with van der Waals surface area (Å²) in [4.78, 5) is 14.1. The summed E-state index contributed by atoms with van der Waals surface area (Å²) in [6, 6.07) is 7.96. The summed E-state index contributed by atoms with van der Waals surface area (Å²) in [6.45, 7) is 6.50. The normalized spacial score (nSPS) is 17.4. The maximum atomic E-state index is 11.8. The van der Waals surface area contributed by atoms with E-state index >= 15 is 0 Å². The van der Waals surface area contributed by atoms with Crippen molar-refractivity contribution in [3.05, 3.63) is 29.8 Å². The van der Waals surface area contributed by atoms with Crippen molar-refractivity contribution in [3.8, 4) is 0 Å². The zero-order valence-corrected chi connectivity index (χ0v) is 12.7. The number of benzene rings is 1. The van der Waals surface area contributed by atoms with Crippen molar-refractivity contribution < 1.29 is 9.53 Å².